The molecule has 0 radical (unpaired) electrons. The summed E-state index contributed by atoms with van der Waals surface area (Å²) in [4.78, 5) is 36.5. The van der Waals surface area contributed by atoms with Gasteiger partial charge in [0, 0.05) is 30.8 Å². The number of aryl methyl sites for hydroxylation is 1. The number of hydrogen-bond acceptors (Lipinski definition) is 7. The molecule has 34 heavy (non-hydrogen) atoms. The van der Waals surface area contributed by atoms with E-state index in [9.17, 15) is 9.59 Å². The van der Waals surface area contributed by atoms with Crippen molar-refractivity contribution in [3.05, 3.63) is 88.0 Å². The van der Waals surface area contributed by atoms with Gasteiger partial charge in [0.15, 0.2) is 5.78 Å². The number of ketones is 1. The molecule has 0 saturated carbocycles. The lowest BCUT2D eigenvalue weighted by Crippen LogP contribution is -2.58. The molecule has 1 fully saturated rings. The predicted molar refractivity (Wildman–Crippen MR) is 135 cm³/mol. The highest BCUT2D eigenvalue weighted by atomic mass is 35.5. The lowest BCUT2D eigenvalue weighted by atomic mass is 9.79. The maximum Gasteiger partial charge on any atom is 0.242 e. The molecule has 5 rings (SSSR count). The molecule has 2 N–H and O–H groups in total. The number of carbonyl (C=O) groups is 2. The number of benzene rings is 1. The zero-order chi connectivity index (χ0) is 23.7. The lowest BCUT2D eigenvalue weighted by Gasteiger charge is -2.39. The van der Waals surface area contributed by atoms with Gasteiger partial charge in [-0.3, -0.25) is 9.59 Å². The number of thiophene rings is 1. The third kappa shape index (κ3) is 4.22. The van der Waals surface area contributed by atoms with E-state index in [0.29, 0.717) is 27.4 Å². The smallest absolute Gasteiger partial charge is 0.242 e. The minimum atomic E-state index is -1.06. The number of rotatable bonds is 6. The van der Waals surface area contributed by atoms with Gasteiger partial charge in [0.25, 0.3) is 0 Å². The number of hydrogen-bond donors (Lipinski definition) is 2. The van der Waals surface area contributed by atoms with Crippen LogP contribution in [0.5, 0.6) is 0 Å². The second-order valence-corrected chi connectivity index (χ2v) is 10.2. The van der Waals surface area contributed by atoms with E-state index in [1.165, 1.54) is 23.1 Å². The number of Topliss-reactive ketones (excluding diaryl/α,β-unsaturated/α-hetero) is 1. The Bertz CT molecular complexity index is 1340. The Balaban J connectivity index is 1.49. The fourth-order valence-corrected chi connectivity index (χ4v) is 5.91. The Labute approximate surface area is 209 Å². The molecule has 2 unspecified atom stereocenters. The second kappa shape index (κ2) is 9.25. The molecule has 0 spiro atoms. The fraction of sp³-hybridized carbons (Fsp3) is 0.167. The van der Waals surface area contributed by atoms with E-state index < -0.39 is 10.8 Å². The average Bonchev–Trinajstić information content (AvgIpc) is 3.50. The number of carbonyl (C=O) groups excluding carboxylic acids is 2. The van der Waals surface area contributed by atoms with Crippen LogP contribution in [0.2, 0.25) is 5.02 Å². The van der Waals surface area contributed by atoms with E-state index in [1.807, 2.05) is 71.0 Å². The molecule has 7 nitrogen and oxygen atoms in total. The molecule has 4 aromatic rings. The Kier molecular flexibility index (Phi) is 6.16. The predicted octanol–water partition coefficient (Wildman–Crippen LogP) is 4.77. The van der Waals surface area contributed by atoms with Gasteiger partial charge in [-0.2, -0.15) is 11.3 Å². The Morgan fingerprint density at radius 3 is 2.76 bits per heavy atom. The lowest BCUT2D eigenvalue weighted by molar-refractivity contribution is -0.133. The fourth-order valence-electron chi connectivity index (χ4n) is 3.93. The highest BCUT2D eigenvalue weighted by Crippen LogP contribution is 2.41. The van der Waals surface area contributed by atoms with Gasteiger partial charge in [-0.15, -0.1) is 11.8 Å². The monoisotopic (exact) mass is 509 g/mol. The maximum atomic E-state index is 13.4. The second-order valence-electron chi connectivity index (χ2n) is 7.87. The van der Waals surface area contributed by atoms with Crippen molar-refractivity contribution in [3.63, 3.8) is 0 Å². The summed E-state index contributed by atoms with van der Waals surface area (Å²) in [5.74, 6) is 0.658. The third-order valence-electron chi connectivity index (χ3n) is 5.65. The van der Waals surface area contributed by atoms with Crippen molar-refractivity contribution in [3.8, 4) is 0 Å². The van der Waals surface area contributed by atoms with Gasteiger partial charge in [0.1, 0.15) is 16.6 Å². The summed E-state index contributed by atoms with van der Waals surface area (Å²) < 4.78 is 1.84. The maximum absolute atomic E-state index is 13.4. The first-order valence-corrected chi connectivity index (χ1v) is 12.7. The van der Waals surface area contributed by atoms with Crippen molar-refractivity contribution in [1.82, 2.24) is 19.9 Å². The molecular weight excluding hydrogens is 490 g/mol. The number of amides is 1. The summed E-state index contributed by atoms with van der Waals surface area (Å²) in [5, 5.41) is 9.82. The van der Waals surface area contributed by atoms with Crippen LogP contribution < -0.4 is 10.6 Å². The molecule has 1 aliphatic heterocycles. The van der Waals surface area contributed by atoms with Crippen LogP contribution in [0.25, 0.3) is 0 Å². The minimum absolute atomic E-state index is 0.0798. The van der Waals surface area contributed by atoms with Gasteiger partial charge < -0.3 is 15.2 Å². The van der Waals surface area contributed by atoms with Crippen LogP contribution in [-0.4, -0.2) is 31.5 Å². The van der Waals surface area contributed by atoms with Crippen molar-refractivity contribution in [2.75, 3.05) is 5.32 Å². The van der Waals surface area contributed by atoms with Gasteiger partial charge in [-0.1, -0.05) is 29.8 Å². The molecule has 4 heterocycles. The van der Waals surface area contributed by atoms with Crippen molar-refractivity contribution in [2.45, 2.75) is 22.1 Å². The molecule has 1 aliphatic rings. The average molecular weight is 510 g/mol. The molecule has 1 aromatic carbocycles. The molecular formula is C24H20ClN5O2S2. The van der Waals surface area contributed by atoms with Crippen molar-refractivity contribution >= 4 is 58.2 Å². The summed E-state index contributed by atoms with van der Waals surface area (Å²) in [6.07, 6.45) is 3.60. The van der Waals surface area contributed by atoms with E-state index >= 15 is 0 Å². The number of nitrogens with zero attached hydrogens (tertiary/aromatic N) is 3. The molecule has 0 aliphatic carbocycles. The molecule has 172 valence electrons. The quantitative estimate of drug-likeness (QED) is 0.364. The van der Waals surface area contributed by atoms with Crippen LogP contribution in [0.15, 0.2) is 76.6 Å². The highest BCUT2D eigenvalue weighted by Gasteiger charge is 2.48. The number of piperidine rings is 1. The first-order chi connectivity index (χ1) is 16.5. The van der Waals surface area contributed by atoms with E-state index in [2.05, 4.69) is 15.6 Å². The van der Waals surface area contributed by atoms with Crippen LogP contribution in [-0.2, 0) is 22.2 Å². The topological polar surface area (TPSA) is 88.9 Å². The van der Waals surface area contributed by atoms with Gasteiger partial charge >= 0.3 is 0 Å². The Morgan fingerprint density at radius 1 is 1.21 bits per heavy atom. The summed E-state index contributed by atoms with van der Waals surface area (Å²) in [6.45, 7) is 0. The largest absolute Gasteiger partial charge is 0.339 e. The zero-order valence-electron chi connectivity index (χ0n) is 18.1. The molecule has 3 aromatic heterocycles. The van der Waals surface area contributed by atoms with Crippen LogP contribution in [0.4, 0.5) is 11.8 Å². The van der Waals surface area contributed by atoms with Gasteiger partial charge in [0.2, 0.25) is 11.9 Å². The van der Waals surface area contributed by atoms with Crippen LogP contribution >= 0.6 is 34.7 Å². The van der Waals surface area contributed by atoms with E-state index in [4.69, 9.17) is 16.6 Å². The summed E-state index contributed by atoms with van der Waals surface area (Å²) >= 11 is 8.95. The van der Waals surface area contributed by atoms with Crippen LogP contribution in [0.3, 0.4) is 0 Å². The molecule has 1 saturated heterocycles. The number of anilines is 2. The van der Waals surface area contributed by atoms with E-state index in [1.54, 1.807) is 12.3 Å². The summed E-state index contributed by atoms with van der Waals surface area (Å²) in [7, 11) is 1.88. The first kappa shape index (κ1) is 22.6. The number of halogens is 1. The first-order valence-electron chi connectivity index (χ1n) is 10.5. The van der Waals surface area contributed by atoms with Crippen LogP contribution in [0, 0.1) is 0 Å². The standard InChI is InChI=1S/C24H20ClN5O2S2/c1-30-11-10-26-23(30)28-20-8-4-7-19(27-20)24(15-9-12-33-14-15)13-17(31)21(22(32)29-24)34-18-6-3-2-5-16(18)25/h2-12,14,21H,13H2,1H3,(H,29,32)(H,26,27,28). The molecule has 0 bridgehead atoms. The number of imidazole rings is 1. The number of aromatic nitrogens is 3. The van der Waals surface area contributed by atoms with E-state index in [0.717, 1.165) is 5.56 Å². The number of nitrogens with one attached hydrogen (secondary N) is 2. The molecule has 10 heteroatoms. The number of thioether (sulfide) groups is 1. The van der Waals surface area contributed by atoms with E-state index in [-0.39, 0.29) is 18.1 Å². The number of pyridine rings is 1. The Morgan fingerprint density at radius 2 is 2.06 bits per heavy atom. The third-order valence-corrected chi connectivity index (χ3v) is 8.10. The SMILES string of the molecule is Cn1ccnc1Nc1cccc(C2(c3ccsc3)CC(=O)C(Sc3ccccc3Cl)C(=O)N2)n1. The van der Waals surface area contributed by atoms with Crippen molar-refractivity contribution in [2.24, 2.45) is 7.05 Å². The van der Waals surface area contributed by atoms with Gasteiger partial charge in [-0.05, 0) is 46.7 Å². The van der Waals surface area contributed by atoms with Crippen LogP contribution in [0.1, 0.15) is 17.7 Å². The highest BCUT2D eigenvalue weighted by molar-refractivity contribution is 8.01. The minimum Gasteiger partial charge on any atom is -0.339 e. The zero-order valence-corrected chi connectivity index (χ0v) is 20.5. The van der Waals surface area contributed by atoms with Gasteiger partial charge in [0.05, 0.1) is 10.7 Å². The van der Waals surface area contributed by atoms with Crippen molar-refractivity contribution in [1.29, 1.82) is 0 Å². The van der Waals surface area contributed by atoms with Crippen molar-refractivity contribution < 1.29 is 9.59 Å². The normalized spacial score (nSPS) is 20.2. The molecule has 1 amide bonds. The summed E-state index contributed by atoms with van der Waals surface area (Å²) in [5.41, 5.74) is 0.334. The van der Waals surface area contributed by atoms with Gasteiger partial charge in [-0.25, -0.2) is 9.97 Å². The molecule has 2 atom stereocenters. The Hall–Kier alpha value is -3.14. The summed E-state index contributed by atoms with van der Waals surface area (Å²) in [6, 6.07) is 14.6.